The van der Waals surface area contributed by atoms with Crippen LogP contribution >= 0.6 is 0 Å². The fourth-order valence-electron chi connectivity index (χ4n) is 0.225. The Labute approximate surface area is 39.7 Å². The summed E-state index contributed by atoms with van der Waals surface area (Å²) < 4.78 is 10.2. The topological polar surface area (TPSA) is 29.4 Å². The monoisotopic (exact) mass is 149 g/mol. The van der Waals surface area contributed by atoms with Crippen molar-refractivity contribution in [1.82, 2.24) is 0 Å². The molecule has 0 aromatic heterocycles. The molecule has 6 heavy (non-hydrogen) atoms. The third-order valence-electron chi connectivity index (χ3n) is 0.446. The van der Waals surface area contributed by atoms with Crippen molar-refractivity contribution in [2.45, 2.75) is 0 Å². The van der Waals surface area contributed by atoms with E-state index in [1.807, 2.05) is 0 Å². The summed E-state index contributed by atoms with van der Waals surface area (Å²) in [5, 5.41) is 1.49. The predicted octanol–water partition coefficient (Wildman–Crippen LogP) is 0.0849. The molecule has 1 aliphatic heterocycles. The second kappa shape index (κ2) is 1.45. The van der Waals surface area contributed by atoms with Gasteiger partial charge in [0.2, 0.25) is 0 Å². The molecule has 1 heterocycles. The molecule has 1 aliphatic rings. The summed E-state index contributed by atoms with van der Waals surface area (Å²) in [6.07, 6.45) is 1.57. The van der Waals surface area contributed by atoms with Crippen LogP contribution in [-0.4, -0.2) is 18.9 Å². The quantitative estimate of drug-likeness (QED) is 0.447. The molecule has 2 nitrogen and oxygen atoms in total. The summed E-state index contributed by atoms with van der Waals surface area (Å²) in [4.78, 5) is 5.23. The minimum absolute atomic E-state index is 1.49. The predicted molar refractivity (Wildman–Crippen MR) is 24.1 cm³/mol. The van der Waals surface area contributed by atoms with Crippen LogP contribution in [-0.2, 0) is 3.83 Å². The minimum atomic E-state index is -1.66. The van der Waals surface area contributed by atoms with Gasteiger partial charge in [-0.3, -0.25) is 0 Å². The Morgan fingerprint density at radius 3 is 2.67 bits per heavy atom. The SMILES string of the molecule is O=[Se]1C=CN=C1. The van der Waals surface area contributed by atoms with Crippen LogP contribution in [0.15, 0.2) is 16.2 Å². The zero-order valence-corrected chi connectivity index (χ0v) is 4.71. The van der Waals surface area contributed by atoms with Gasteiger partial charge in [-0.25, -0.2) is 0 Å². The first-order valence-electron chi connectivity index (χ1n) is 1.49. The summed E-state index contributed by atoms with van der Waals surface area (Å²) in [5.74, 6) is 0. The van der Waals surface area contributed by atoms with Gasteiger partial charge in [0.15, 0.2) is 0 Å². The van der Waals surface area contributed by atoms with Crippen LogP contribution in [0, 0.1) is 0 Å². The third kappa shape index (κ3) is 0.614. The second-order valence-corrected chi connectivity index (χ2v) is 3.26. The molecule has 0 amide bonds. The Kier molecular flexibility index (Phi) is 0.945. The number of hydrogen-bond acceptors (Lipinski definition) is 2. The van der Waals surface area contributed by atoms with Crippen LogP contribution < -0.4 is 0 Å². The number of nitrogens with zero attached hydrogens (tertiary/aromatic N) is 1. The van der Waals surface area contributed by atoms with Gasteiger partial charge in [-0.15, -0.1) is 0 Å². The van der Waals surface area contributed by atoms with E-state index in [1.54, 1.807) is 11.2 Å². The summed E-state index contributed by atoms with van der Waals surface area (Å²) in [5.41, 5.74) is 0. The fraction of sp³-hybridized carbons (Fsp3) is 0. The Balaban J connectivity index is 2.86. The summed E-state index contributed by atoms with van der Waals surface area (Å²) in [7, 11) is 0. The van der Waals surface area contributed by atoms with E-state index in [1.165, 1.54) is 5.11 Å². The van der Waals surface area contributed by atoms with Gasteiger partial charge in [0.25, 0.3) is 0 Å². The molecule has 1 unspecified atom stereocenters. The normalized spacial score (nSPS) is 29.0. The van der Waals surface area contributed by atoms with Crippen LogP contribution in [0.5, 0.6) is 0 Å². The summed E-state index contributed by atoms with van der Waals surface area (Å²) in [6.45, 7) is 0. The molecule has 1 rings (SSSR count). The molecule has 0 radical (unpaired) electrons. The van der Waals surface area contributed by atoms with Crippen molar-refractivity contribution in [3.05, 3.63) is 11.2 Å². The van der Waals surface area contributed by atoms with Crippen molar-refractivity contribution in [2.75, 3.05) is 0 Å². The van der Waals surface area contributed by atoms with E-state index in [9.17, 15) is 3.83 Å². The molecule has 0 aromatic carbocycles. The first-order valence-corrected chi connectivity index (χ1v) is 4.17. The molecule has 0 aliphatic carbocycles. The Hall–Kier alpha value is -0.271. The van der Waals surface area contributed by atoms with Crippen molar-refractivity contribution in [3.63, 3.8) is 0 Å². The number of rotatable bonds is 0. The van der Waals surface area contributed by atoms with Crippen LogP contribution in [0.4, 0.5) is 0 Å². The molecule has 0 saturated heterocycles. The molecular formula is C3H3NOSe. The van der Waals surface area contributed by atoms with Gasteiger partial charge in [-0.05, 0) is 0 Å². The van der Waals surface area contributed by atoms with Gasteiger partial charge >= 0.3 is 38.9 Å². The van der Waals surface area contributed by atoms with E-state index in [2.05, 4.69) is 4.99 Å². The number of hydrogen-bond donors (Lipinski definition) is 0. The first kappa shape index (κ1) is 3.90. The van der Waals surface area contributed by atoms with Crippen LogP contribution in [0.3, 0.4) is 0 Å². The standard InChI is InChI=1S/C3H3NOSe/c5-6-2-1-4-3-6/h1-3H. The fourth-order valence-corrected chi connectivity index (χ4v) is 1.17. The molecule has 0 fully saturated rings. The van der Waals surface area contributed by atoms with Crippen LogP contribution in [0.25, 0.3) is 0 Å². The molecule has 32 valence electrons. The zero-order chi connectivity index (χ0) is 4.41. The van der Waals surface area contributed by atoms with Gasteiger partial charge in [-0.1, -0.05) is 0 Å². The molecular weight excluding hydrogens is 145 g/mol. The van der Waals surface area contributed by atoms with Crippen LogP contribution in [0.2, 0.25) is 0 Å². The van der Waals surface area contributed by atoms with Crippen molar-refractivity contribution in [1.29, 1.82) is 0 Å². The van der Waals surface area contributed by atoms with Gasteiger partial charge in [0.1, 0.15) is 0 Å². The molecule has 3 heteroatoms. The van der Waals surface area contributed by atoms with Crippen molar-refractivity contribution >= 4 is 18.9 Å². The average Bonchev–Trinajstić information content (AvgIpc) is 1.86. The summed E-state index contributed by atoms with van der Waals surface area (Å²) >= 11 is -1.66. The molecule has 0 spiro atoms. The van der Waals surface area contributed by atoms with E-state index >= 15 is 0 Å². The van der Waals surface area contributed by atoms with E-state index in [0.717, 1.165) is 0 Å². The van der Waals surface area contributed by atoms with Gasteiger partial charge in [0.05, 0.1) is 0 Å². The first-order chi connectivity index (χ1) is 2.89. The maximum atomic E-state index is 10.2. The van der Waals surface area contributed by atoms with E-state index in [-0.39, 0.29) is 0 Å². The van der Waals surface area contributed by atoms with Crippen molar-refractivity contribution in [2.24, 2.45) is 4.99 Å². The Morgan fingerprint density at radius 1 is 1.67 bits per heavy atom. The molecule has 1 atom stereocenters. The van der Waals surface area contributed by atoms with Gasteiger partial charge < -0.3 is 0 Å². The summed E-state index contributed by atoms with van der Waals surface area (Å²) in [6, 6.07) is 0. The van der Waals surface area contributed by atoms with E-state index in [0.29, 0.717) is 0 Å². The zero-order valence-electron chi connectivity index (χ0n) is 3.00. The molecule has 0 aromatic rings. The molecule has 0 N–H and O–H groups in total. The average molecular weight is 148 g/mol. The number of aliphatic imine (C=N–C) groups is 1. The maximum absolute atomic E-state index is 10.2. The van der Waals surface area contributed by atoms with Gasteiger partial charge in [0, 0.05) is 0 Å². The van der Waals surface area contributed by atoms with Crippen molar-refractivity contribution < 1.29 is 3.83 Å². The van der Waals surface area contributed by atoms with Crippen LogP contribution in [0.1, 0.15) is 0 Å². The Bertz CT molecular complexity index is 113. The third-order valence-corrected chi connectivity index (χ3v) is 1.96. The second-order valence-electron chi connectivity index (χ2n) is 0.868. The molecule has 0 saturated carbocycles. The van der Waals surface area contributed by atoms with E-state index in [4.69, 9.17) is 0 Å². The van der Waals surface area contributed by atoms with Gasteiger partial charge in [-0.2, -0.15) is 0 Å². The van der Waals surface area contributed by atoms with Crippen molar-refractivity contribution in [3.8, 4) is 0 Å². The van der Waals surface area contributed by atoms with E-state index < -0.39 is 13.8 Å². The molecule has 0 bridgehead atoms. The Morgan fingerprint density at radius 2 is 2.50 bits per heavy atom.